The van der Waals surface area contributed by atoms with E-state index in [4.69, 9.17) is 0 Å². The Morgan fingerprint density at radius 1 is 1.25 bits per heavy atom. The second-order valence-electron chi connectivity index (χ2n) is 4.38. The summed E-state index contributed by atoms with van der Waals surface area (Å²) in [5, 5.41) is 13.0. The lowest BCUT2D eigenvalue weighted by molar-refractivity contribution is 0.0189. The number of hydrogen-bond acceptors (Lipinski definition) is 2. The number of aliphatic hydroxyl groups is 1. The molecule has 2 atom stereocenters. The van der Waals surface area contributed by atoms with Gasteiger partial charge in [-0.1, -0.05) is 12.8 Å². The van der Waals surface area contributed by atoms with Gasteiger partial charge in [-0.25, -0.2) is 0 Å². The lowest BCUT2D eigenvalue weighted by atomic mass is 9.66. The number of fused-ring (bicyclic) bond motifs is 1. The maximum absolute atomic E-state index is 9.44. The standard InChI is InChI=1S/C10H19NO/c12-8-10-5-2-1-4-9(10)11-7-3-6-10/h9,11-12H,1-8H2/t9-,10-/m1/s1. The van der Waals surface area contributed by atoms with Gasteiger partial charge in [0.2, 0.25) is 0 Å². The molecule has 0 bridgehead atoms. The highest BCUT2D eigenvalue weighted by atomic mass is 16.3. The van der Waals surface area contributed by atoms with Gasteiger partial charge in [0.25, 0.3) is 0 Å². The highest BCUT2D eigenvalue weighted by molar-refractivity contribution is 4.96. The molecule has 2 fully saturated rings. The Morgan fingerprint density at radius 3 is 2.83 bits per heavy atom. The van der Waals surface area contributed by atoms with Crippen LogP contribution in [0.5, 0.6) is 0 Å². The monoisotopic (exact) mass is 169 g/mol. The Bertz CT molecular complexity index is 146. The minimum Gasteiger partial charge on any atom is -0.396 e. The lowest BCUT2D eigenvalue weighted by Gasteiger charge is -2.46. The lowest BCUT2D eigenvalue weighted by Crippen LogP contribution is -2.53. The molecule has 12 heavy (non-hydrogen) atoms. The summed E-state index contributed by atoms with van der Waals surface area (Å²) in [7, 11) is 0. The van der Waals surface area contributed by atoms with E-state index in [-0.39, 0.29) is 5.41 Å². The van der Waals surface area contributed by atoms with Gasteiger partial charge < -0.3 is 10.4 Å². The van der Waals surface area contributed by atoms with Gasteiger partial charge in [0, 0.05) is 11.5 Å². The Labute approximate surface area is 74.4 Å². The van der Waals surface area contributed by atoms with Crippen molar-refractivity contribution in [3.8, 4) is 0 Å². The maximum atomic E-state index is 9.44. The van der Waals surface area contributed by atoms with Crippen molar-refractivity contribution in [3.05, 3.63) is 0 Å². The first-order chi connectivity index (χ1) is 5.87. The third kappa shape index (κ3) is 1.27. The number of nitrogens with one attached hydrogen (secondary N) is 1. The van der Waals surface area contributed by atoms with E-state index in [0.29, 0.717) is 12.6 Å². The molecule has 0 spiro atoms. The zero-order valence-corrected chi connectivity index (χ0v) is 7.68. The van der Waals surface area contributed by atoms with E-state index >= 15 is 0 Å². The van der Waals surface area contributed by atoms with Crippen LogP contribution >= 0.6 is 0 Å². The van der Waals surface area contributed by atoms with Crippen molar-refractivity contribution < 1.29 is 5.11 Å². The molecule has 1 saturated carbocycles. The summed E-state index contributed by atoms with van der Waals surface area (Å²) >= 11 is 0. The van der Waals surface area contributed by atoms with Crippen LogP contribution in [0.2, 0.25) is 0 Å². The zero-order chi connectivity index (χ0) is 8.44. The minimum absolute atomic E-state index is 0.260. The van der Waals surface area contributed by atoms with Gasteiger partial charge in [-0.15, -0.1) is 0 Å². The average molecular weight is 169 g/mol. The average Bonchev–Trinajstić information content (AvgIpc) is 2.18. The van der Waals surface area contributed by atoms with Crippen LogP contribution in [0.1, 0.15) is 38.5 Å². The topological polar surface area (TPSA) is 32.3 Å². The maximum Gasteiger partial charge on any atom is 0.0502 e. The molecule has 0 aromatic heterocycles. The molecule has 0 aromatic carbocycles. The number of aliphatic hydroxyl groups excluding tert-OH is 1. The molecule has 2 aliphatic rings. The second kappa shape index (κ2) is 3.35. The normalized spacial score (nSPS) is 42.2. The molecule has 2 heteroatoms. The molecule has 0 amide bonds. The van der Waals surface area contributed by atoms with E-state index in [1.54, 1.807) is 0 Å². The summed E-state index contributed by atoms with van der Waals surface area (Å²) < 4.78 is 0. The minimum atomic E-state index is 0.260. The molecule has 0 radical (unpaired) electrons. The second-order valence-corrected chi connectivity index (χ2v) is 4.38. The first-order valence-corrected chi connectivity index (χ1v) is 5.22. The molecule has 1 aliphatic carbocycles. The molecule has 1 aliphatic heterocycles. The van der Waals surface area contributed by atoms with Crippen LogP contribution in [0.15, 0.2) is 0 Å². The first-order valence-electron chi connectivity index (χ1n) is 5.22. The van der Waals surface area contributed by atoms with Gasteiger partial charge in [-0.2, -0.15) is 0 Å². The van der Waals surface area contributed by atoms with Crippen molar-refractivity contribution in [1.29, 1.82) is 0 Å². The molecular formula is C10H19NO. The summed E-state index contributed by atoms with van der Waals surface area (Å²) in [6.07, 6.45) is 7.66. The van der Waals surface area contributed by atoms with Crippen LogP contribution in [0, 0.1) is 5.41 Å². The van der Waals surface area contributed by atoms with Gasteiger partial charge in [0.05, 0.1) is 6.61 Å². The molecule has 0 aromatic rings. The highest BCUT2D eigenvalue weighted by Gasteiger charge is 2.41. The number of piperidine rings is 1. The molecule has 0 unspecified atom stereocenters. The molecule has 70 valence electrons. The number of rotatable bonds is 1. The van der Waals surface area contributed by atoms with Crippen LogP contribution in [0.25, 0.3) is 0 Å². The van der Waals surface area contributed by atoms with Crippen LogP contribution in [-0.4, -0.2) is 24.3 Å². The van der Waals surface area contributed by atoms with E-state index < -0.39 is 0 Å². The Morgan fingerprint density at radius 2 is 2.08 bits per heavy atom. The first kappa shape index (κ1) is 8.52. The quantitative estimate of drug-likeness (QED) is 0.620. The van der Waals surface area contributed by atoms with Crippen LogP contribution < -0.4 is 5.32 Å². The Kier molecular flexibility index (Phi) is 2.37. The molecule has 2 rings (SSSR count). The molecule has 2 N–H and O–H groups in total. The summed E-state index contributed by atoms with van der Waals surface area (Å²) in [6.45, 7) is 1.55. The number of hydrogen-bond donors (Lipinski definition) is 2. The SMILES string of the molecule is OC[C@]12CCCC[C@H]1NCCC2. The smallest absolute Gasteiger partial charge is 0.0502 e. The van der Waals surface area contributed by atoms with Crippen molar-refractivity contribution in [3.63, 3.8) is 0 Å². The van der Waals surface area contributed by atoms with Gasteiger partial charge in [-0.05, 0) is 32.2 Å². The highest BCUT2D eigenvalue weighted by Crippen LogP contribution is 2.41. The van der Waals surface area contributed by atoms with E-state index in [9.17, 15) is 5.11 Å². The van der Waals surface area contributed by atoms with E-state index in [1.807, 2.05) is 0 Å². The molecule has 1 saturated heterocycles. The molecule has 1 heterocycles. The van der Waals surface area contributed by atoms with Crippen molar-refractivity contribution >= 4 is 0 Å². The Hall–Kier alpha value is -0.0800. The fourth-order valence-corrected chi connectivity index (χ4v) is 2.91. The summed E-state index contributed by atoms with van der Waals surface area (Å²) in [5.41, 5.74) is 0.260. The predicted octanol–water partition coefficient (Wildman–Crippen LogP) is 1.29. The fourth-order valence-electron chi connectivity index (χ4n) is 2.91. The zero-order valence-electron chi connectivity index (χ0n) is 7.68. The largest absolute Gasteiger partial charge is 0.396 e. The van der Waals surface area contributed by atoms with Gasteiger partial charge in [0.15, 0.2) is 0 Å². The van der Waals surface area contributed by atoms with Crippen molar-refractivity contribution in [2.75, 3.05) is 13.2 Å². The predicted molar refractivity (Wildman–Crippen MR) is 49.0 cm³/mol. The van der Waals surface area contributed by atoms with Gasteiger partial charge in [0.1, 0.15) is 0 Å². The third-order valence-corrected chi connectivity index (χ3v) is 3.71. The van der Waals surface area contributed by atoms with Gasteiger partial charge >= 0.3 is 0 Å². The van der Waals surface area contributed by atoms with Crippen molar-refractivity contribution in [2.45, 2.75) is 44.6 Å². The fraction of sp³-hybridized carbons (Fsp3) is 1.00. The summed E-state index contributed by atoms with van der Waals surface area (Å²) in [4.78, 5) is 0. The summed E-state index contributed by atoms with van der Waals surface area (Å²) in [5.74, 6) is 0. The summed E-state index contributed by atoms with van der Waals surface area (Å²) in [6, 6.07) is 0.616. The van der Waals surface area contributed by atoms with Crippen LogP contribution in [0.4, 0.5) is 0 Å². The van der Waals surface area contributed by atoms with E-state index in [2.05, 4.69) is 5.32 Å². The van der Waals surface area contributed by atoms with E-state index in [0.717, 1.165) is 6.54 Å². The third-order valence-electron chi connectivity index (χ3n) is 3.71. The van der Waals surface area contributed by atoms with E-state index in [1.165, 1.54) is 38.5 Å². The van der Waals surface area contributed by atoms with Crippen LogP contribution in [-0.2, 0) is 0 Å². The molecular weight excluding hydrogens is 150 g/mol. The molecule has 2 nitrogen and oxygen atoms in total. The Balaban J connectivity index is 2.10. The van der Waals surface area contributed by atoms with Crippen molar-refractivity contribution in [2.24, 2.45) is 5.41 Å². The van der Waals surface area contributed by atoms with Crippen molar-refractivity contribution in [1.82, 2.24) is 5.32 Å². The van der Waals surface area contributed by atoms with Crippen LogP contribution in [0.3, 0.4) is 0 Å². The van der Waals surface area contributed by atoms with Gasteiger partial charge in [-0.3, -0.25) is 0 Å².